The number of hydrogen-bond acceptors (Lipinski definition) is 2. The van der Waals surface area contributed by atoms with Crippen molar-refractivity contribution in [2.75, 3.05) is 12.8 Å². The molecule has 0 radical (unpaired) electrons. The lowest BCUT2D eigenvalue weighted by Crippen LogP contribution is -2.23. The molecule has 1 N–H and O–H groups in total. The second kappa shape index (κ2) is 7.15. The van der Waals surface area contributed by atoms with Crippen molar-refractivity contribution in [2.24, 2.45) is 0 Å². The van der Waals surface area contributed by atoms with Gasteiger partial charge in [-0.05, 0) is 68.0 Å². The number of nitrogens with one attached hydrogen (secondary N) is 1. The van der Waals surface area contributed by atoms with Gasteiger partial charge in [0.05, 0.1) is 6.04 Å². The lowest BCUT2D eigenvalue weighted by Gasteiger charge is -2.24. The van der Waals surface area contributed by atoms with Crippen molar-refractivity contribution in [2.45, 2.75) is 38.6 Å². The molecular weight excluding hydrogens is 274 g/mol. The van der Waals surface area contributed by atoms with E-state index in [9.17, 15) is 0 Å². The summed E-state index contributed by atoms with van der Waals surface area (Å²) in [6.45, 7) is 9.73. The van der Waals surface area contributed by atoms with E-state index in [4.69, 9.17) is 0 Å². The van der Waals surface area contributed by atoms with E-state index in [0.29, 0.717) is 0 Å². The van der Waals surface area contributed by atoms with E-state index in [1.54, 1.807) is 11.8 Å². The van der Waals surface area contributed by atoms with Gasteiger partial charge >= 0.3 is 0 Å². The first-order valence-electron chi connectivity index (χ1n) is 7.52. The van der Waals surface area contributed by atoms with Gasteiger partial charge in [-0.25, -0.2) is 0 Å². The highest BCUT2D eigenvalue weighted by atomic mass is 32.2. The van der Waals surface area contributed by atoms with Gasteiger partial charge in [0.1, 0.15) is 0 Å². The Bertz CT molecular complexity index is 578. The summed E-state index contributed by atoms with van der Waals surface area (Å²) in [6.07, 6.45) is 2.12. The molecule has 0 bridgehead atoms. The fourth-order valence-corrected chi connectivity index (χ4v) is 3.44. The van der Waals surface area contributed by atoms with Gasteiger partial charge in [0.25, 0.3) is 0 Å². The third-order valence-corrected chi connectivity index (χ3v) is 4.63. The predicted molar refractivity (Wildman–Crippen MR) is 94.4 cm³/mol. The Morgan fingerprint density at radius 1 is 1.00 bits per heavy atom. The minimum atomic E-state index is 0.270. The minimum Gasteiger partial charge on any atom is -0.307 e. The van der Waals surface area contributed by atoms with Gasteiger partial charge in [-0.15, -0.1) is 11.8 Å². The zero-order valence-corrected chi connectivity index (χ0v) is 14.5. The maximum absolute atomic E-state index is 3.65. The molecule has 2 aromatic carbocycles. The molecule has 0 aliphatic carbocycles. The van der Waals surface area contributed by atoms with Crippen molar-refractivity contribution in [3.8, 4) is 0 Å². The molecule has 2 aromatic rings. The highest BCUT2D eigenvalue weighted by Gasteiger charge is 2.17. The van der Waals surface area contributed by atoms with Gasteiger partial charge in [0.2, 0.25) is 0 Å². The SMILES string of the molecule is CCNC(c1ccc(SC)cc1)c1c(C)cc(C)cc1C. The summed E-state index contributed by atoms with van der Waals surface area (Å²) >= 11 is 1.79. The zero-order chi connectivity index (χ0) is 15.4. The van der Waals surface area contributed by atoms with E-state index in [1.807, 2.05) is 0 Å². The molecule has 0 amide bonds. The molecule has 0 aromatic heterocycles. The molecule has 21 heavy (non-hydrogen) atoms. The van der Waals surface area contributed by atoms with E-state index >= 15 is 0 Å². The van der Waals surface area contributed by atoms with Gasteiger partial charge in [0, 0.05) is 4.90 Å². The molecule has 1 atom stereocenters. The Morgan fingerprint density at radius 3 is 2.05 bits per heavy atom. The second-order valence-electron chi connectivity index (χ2n) is 5.58. The lowest BCUT2D eigenvalue weighted by molar-refractivity contribution is 0.624. The third-order valence-electron chi connectivity index (χ3n) is 3.88. The summed E-state index contributed by atoms with van der Waals surface area (Å²) in [5, 5.41) is 3.65. The number of benzene rings is 2. The van der Waals surface area contributed by atoms with Crippen molar-refractivity contribution in [1.29, 1.82) is 0 Å². The first-order valence-corrected chi connectivity index (χ1v) is 8.74. The first-order chi connectivity index (χ1) is 10.1. The van der Waals surface area contributed by atoms with Crippen LogP contribution in [0.1, 0.15) is 40.8 Å². The summed E-state index contributed by atoms with van der Waals surface area (Å²) in [5.74, 6) is 0. The van der Waals surface area contributed by atoms with Crippen molar-refractivity contribution >= 4 is 11.8 Å². The van der Waals surface area contributed by atoms with Crippen molar-refractivity contribution in [3.05, 3.63) is 64.2 Å². The molecule has 0 aliphatic heterocycles. The van der Waals surface area contributed by atoms with Gasteiger partial charge in [-0.2, -0.15) is 0 Å². The molecular formula is C19H25NS. The average molecular weight is 299 g/mol. The van der Waals surface area contributed by atoms with Crippen LogP contribution in [0.25, 0.3) is 0 Å². The predicted octanol–water partition coefficient (Wildman–Crippen LogP) is 5.03. The molecule has 0 aliphatic rings. The van der Waals surface area contributed by atoms with Gasteiger partial charge in [-0.3, -0.25) is 0 Å². The maximum atomic E-state index is 3.65. The van der Waals surface area contributed by atoms with Crippen LogP contribution in [-0.2, 0) is 0 Å². The van der Waals surface area contributed by atoms with E-state index in [-0.39, 0.29) is 6.04 Å². The Balaban J connectivity index is 2.47. The van der Waals surface area contributed by atoms with Crippen LogP contribution in [0, 0.1) is 20.8 Å². The first kappa shape index (κ1) is 16.1. The molecule has 1 nitrogen and oxygen atoms in total. The lowest BCUT2D eigenvalue weighted by atomic mass is 9.90. The van der Waals surface area contributed by atoms with Crippen molar-refractivity contribution < 1.29 is 0 Å². The fraction of sp³-hybridized carbons (Fsp3) is 0.368. The number of aryl methyl sites for hydroxylation is 3. The molecule has 0 heterocycles. The highest BCUT2D eigenvalue weighted by Crippen LogP contribution is 2.30. The minimum absolute atomic E-state index is 0.270. The van der Waals surface area contributed by atoms with E-state index in [0.717, 1.165) is 6.54 Å². The number of rotatable bonds is 5. The van der Waals surface area contributed by atoms with Crippen LogP contribution in [0.2, 0.25) is 0 Å². The normalized spacial score (nSPS) is 12.4. The Morgan fingerprint density at radius 2 is 1.57 bits per heavy atom. The molecule has 112 valence electrons. The molecule has 2 heteroatoms. The van der Waals surface area contributed by atoms with Crippen LogP contribution in [0.4, 0.5) is 0 Å². The summed E-state index contributed by atoms with van der Waals surface area (Å²) in [4.78, 5) is 1.31. The fourth-order valence-electron chi connectivity index (χ4n) is 3.03. The monoisotopic (exact) mass is 299 g/mol. The Hall–Kier alpha value is -1.25. The van der Waals surface area contributed by atoms with E-state index in [2.05, 4.69) is 75.7 Å². The Kier molecular flexibility index (Phi) is 5.49. The standard InChI is InChI=1S/C19H25NS/c1-6-20-19(16-7-9-17(21-5)10-8-16)18-14(3)11-13(2)12-15(18)4/h7-12,19-20H,6H2,1-5H3. The molecule has 1 unspecified atom stereocenters. The van der Waals surface area contributed by atoms with Crippen LogP contribution < -0.4 is 5.32 Å². The Labute approximate surface area is 133 Å². The van der Waals surface area contributed by atoms with Crippen LogP contribution in [0.15, 0.2) is 41.3 Å². The highest BCUT2D eigenvalue weighted by molar-refractivity contribution is 7.98. The third kappa shape index (κ3) is 3.69. The molecule has 2 rings (SSSR count). The molecule has 0 fully saturated rings. The van der Waals surface area contributed by atoms with Crippen LogP contribution >= 0.6 is 11.8 Å². The topological polar surface area (TPSA) is 12.0 Å². The van der Waals surface area contributed by atoms with E-state index < -0.39 is 0 Å². The maximum Gasteiger partial charge on any atom is 0.0581 e. The summed E-state index contributed by atoms with van der Waals surface area (Å²) in [6, 6.07) is 13.8. The van der Waals surface area contributed by atoms with Crippen LogP contribution in [0.3, 0.4) is 0 Å². The molecule has 0 saturated carbocycles. The van der Waals surface area contributed by atoms with Gasteiger partial charge in [-0.1, -0.05) is 36.8 Å². The molecule has 0 spiro atoms. The average Bonchev–Trinajstić information content (AvgIpc) is 2.45. The molecule has 0 saturated heterocycles. The summed E-state index contributed by atoms with van der Waals surface area (Å²) in [7, 11) is 0. The summed E-state index contributed by atoms with van der Waals surface area (Å²) in [5.41, 5.74) is 6.82. The van der Waals surface area contributed by atoms with Crippen LogP contribution in [-0.4, -0.2) is 12.8 Å². The smallest absolute Gasteiger partial charge is 0.0581 e. The quantitative estimate of drug-likeness (QED) is 0.777. The van der Waals surface area contributed by atoms with Crippen molar-refractivity contribution in [3.63, 3.8) is 0 Å². The van der Waals surface area contributed by atoms with Gasteiger partial charge < -0.3 is 5.32 Å². The number of thioether (sulfide) groups is 1. The zero-order valence-electron chi connectivity index (χ0n) is 13.7. The van der Waals surface area contributed by atoms with E-state index in [1.165, 1.54) is 32.7 Å². The second-order valence-corrected chi connectivity index (χ2v) is 6.46. The van der Waals surface area contributed by atoms with Crippen molar-refractivity contribution in [1.82, 2.24) is 5.32 Å². The number of hydrogen-bond donors (Lipinski definition) is 1. The summed E-state index contributed by atoms with van der Waals surface area (Å²) < 4.78 is 0. The van der Waals surface area contributed by atoms with Crippen LogP contribution in [0.5, 0.6) is 0 Å². The van der Waals surface area contributed by atoms with Gasteiger partial charge in [0.15, 0.2) is 0 Å². The largest absolute Gasteiger partial charge is 0.307 e.